The number of benzene rings is 2. The van der Waals surface area contributed by atoms with Gasteiger partial charge in [-0.05, 0) is 61.1 Å². The van der Waals surface area contributed by atoms with Crippen molar-refractivity contribution >= 4 is 57.5 Å². The van der Waals surface area contributed by atoms with E-state index in [9.17, 15) is 20.1 Å². The zero-order valence-corrected chi connectivity index (χ0v) is 27.4. The van der Waals surface area contributed by atoms with E-state index >= 15 is 0 Å². The number of thiophene rings is 2. The molecule has 1 fully saturated rings. The van der Waals surface area contributed by atoms with E-state index in [1.807, 2.05) is 18.2 Å². The number of allylic oxidation sites excluding steroid dienone is 6. The maximum Gasteiger partial charge on any atom is 0.270 e. The van der Waals surface area contributed by atoms with E-state index < -0.39 is 5.60 Å². The Morgan fingerprint density at radius 3 is 1.73 bits per heavy atom. The smallest absolute Gasteiger partial charge is 0.270 e. The van der Waals surface area contributed by atoms with Crippen LogP contribution in [0.25, 0.3) is 42.7 Å². The average Bonchev–Trinajstić information content (AvgIpc) is 3.87. The third kappa shape index (κ3) is 4.56. The van der Waals surface area contributed by atoms with Crippen LogP contribution < -0.4 is 4.74 Å². The molecule has 4 aromatic rings. The molecule has 2 aromatic carbocycles. The van der Waals surface area contributed by atoms with Crippen LogP contribution in [0, 0.1) is 35.8 Å². The Morgan fingerprint density at radius 2 is 1.22 bits per heavy atom. The van der Waals surface area contributed by atoms with Crippen molar-refractivity contribution < 1.29 is 14.3 Å². The van der Waals surface area contributed by atoms with Gasteiger partial charge in [-0.1, -0.05) is 55.0 Å². The molecule has 49 heavy (non-hydrogen) atoms. The third-order valence-corrected chi connectivity index (χ3v) is 11.8. The fourth-order valence-corrected chi connectivity index (χ4v) is 9.76. The van der Waals surface area contributed by atoms with Gasteiger partial charge in [0.1, 0.15) is 11.4 Å². The molecule has 1 saturated carbocycles. The average molecular weight is 671 g/mol. The second-order valence-electron chi connectivity index (χ2n) is 12.2. The summed E-state index contributed by atoms with van der Waals surface area (Å²) < 4.78 is 6.90. The summed E-state index contributed by atoms with van der Waals surface area (Å²) in [6, 6.07) is 22.1. The van der Waals surface area contributed by atoms with Gasteiger partial charge >= 0.3 is 0 Å². The monoisotopic (exact) mass is 670 g/mol. The number of ketones is 2. The first-order valence-corrected chi connectivity index (χ1v) is 17.3. The molecule has 0 amide bonds. The third-order valence-electron chi connectivity index (χ3n) is 9.52. The van der Waals surface area contributed by atoms with Crippen LogP contribution in [0.1, 0.15) is 79.3 Å². The SMILES string of the molecule is [C-]#[N+]/C(C#N)=C1\C(=C\c2cc3c(s2)-c2sc(/C=C4\C(=O)c5ccccc5\C4=C(\C#N)[N+]#[C-])cc2C2(CCCCC2)O3)C(=O)c2ccccc21. The molecule has 1 spiro atoms. The summed E-state index contributed by atoms with van der Waals surface area (Å²) in [5.41, 5.74) is 3.72. The highest BCUT2D eigenvalue weighted by molar-refractivity contribution is 7.23. The van der Waals surface area contributed by atoms with E-state index in [2.05, 4.69) is 15.8 Å². The fraction of sp³-hybridized carbons (Fsp3) is 0.150. The number of hydrogen-bond acceptors (Lipinski definition) is 7. The number of rotatable bonds is 2. The molecular weight excluding hydrogens is 649 g/mol. The van der Waals surface area contributed by atoms with Crippen LogP contribution in [0.5, 0.6) is 5.75 Å². The van der Waals surface area contributed by atoms with Gasteiger partial charge in [0.25, 0.3) is 11.4 Å². The zero-order valence-electron chi connectivity index (χ0n) is 25.8. The molecule has 3 heterocycles. The summed E-state index contributed by atoms with van der Waals surface area (Å²) in [7, 11) is 0. The van der Waals surface area contributed by atoms with Crippen LogP contribution in [0.2, 0.25) is 0 Å². The molecule has 0 radical (unpaired) electrons. The minimum Gasteiger partial charge on any atom is -0.481 e. The predicted octanol–water partition coefficient (Wildman–Crippen LogP) is 9.90. The number of carbonyl (C=O) groups is 2. The van der Waals surface area contributed by atoms with Gasteiger partial charge in [0.15, 0.2) is 11.6 Å². The van der Waals surface area contributed by atoms with E-state index in [-0.39, 0.29) is 23.0 Å². The van der Waals surface area contributed by atoms with Gasteiger partial charge in [0.2, 0.25) is 0 Å². The summed E-state index contributed by atoms with van der Waals surface area (Å²) in [5, 5.41) is 19.6. The summed E-state index contributed by atoms with van der Waals surface area (Å²) in [6.07, 6.45) is 8.36. The maximum absolute atomic E-state index is 13.7. The summed E-state index contributed by atoms with van der Waals surface area (Å²) in [4.78, 5) is 37.7. The molecule has 8 rings (SSSR count). The Bertz CT molecular complexity index is 2460. The molecule has 0 saturated heterocycles. The van der Waals surface area contributed by atoms with Crippen molar-refractivity contribution in [1.82, 2.24) is 0 Å². The lowest BCUT2D eigenvalue weighted by atomic mass is 9.78. The van der Waals surface area contributed by atoms with Crippen molar-refractivity contribution in [1.29, 1.82) is 10.5 Å². The quantitative estimate of drug-likeness (QED) is 0.120. The van der Waals surface area contributed by atoms with Gasteiger partial charge in [-0.15, -0.1) is 22.7 Å². The van der Waals surface area contributed by atoms with Gasteiger partial charge in [0, 0.05) is 48.7 Å². The van der Waals surface area contributed by atoms with E-state index in [0.717, 1.165) is 62.9 Å². The molecule has 3 aliphatic carbocycles. The molecular formula is C40H22N4O3S2. The van der Waals surface area contributed by atoms with Crippen molar-refractivity contribution in [3.05, 3.63) is 144 Å². The number of nitriles is 2. The lowest BCUT2D eigenvalue weighted by molar-refractivity contribution is 0.0250. The zero-order chi connectivity index (χ0) is 33.9. The van der Waals surface area contributed by atoms with Crippen molar-refractivity contribution in [2.75, 3.05) is 0 Å². The van der Waals surface area contributed by atoms with Gasteiger partial charge in [-0.25, -0.2) is 20.2 Å². The summed E-state index contributed by atoms with van der Waals surface area (Å²) in [6.45, 7) is 15.3. The largest absolute Gasteiger partial charge is 0.481 e. The van der Waals surface area contributed by atoms with Crippen LogP contribution >= 0.6 is 22.7 Å². The van der Waals surface area contributed by atoms with Gasteiger partial charge in [-0.2, -0.15) is 0 Å². The van der Waals surface area contributed by atoms with Crippen molar-refractivity contribution in [3.63, 3.8) is 0 Å². The number of ether oxygens (including phenoxy) is 1. The summed E-state index contributed by atoms with van der Waals surface area (Å²) in [5.74, 6) is 0.271. The Labute approximate surface area is 290 Å². The van der Waals surface area contributed by atoms with Crippen molar-refractivity contribution in [3.8, 4) is 27.6 Å². The molecule has 0 atom stereocenters. The molecule has 7 nitrogen and oxygen atoms in total. The first kappa shape index (κ1) is 30.2. The minimum atomic E-state index is -0.544. The predicted molar refractivity (Wildman–Crippen MR) is 189 cm³/mol. The molecule has 4 aliphatic rings. The fourth-order valence-electron chi connectivity index (χ4n) is 7.40. The highest BCUT2D eigenvalue weighted by atomic mass is 32.1. The Kier molecular flexibility index (Phi) is 7.13. The molecule has 2 aromatic heterocycles. The number of fused-ring (bicyclic) bond motifs is 6. The van der Waals surface area contributed by atoms with E-state index in [4.69, 9.17) is 17.9 Å². The van der Waals surface area contributed by atoms with Crippen molar-refractivity contribution in [2.45, 2.75) is 37.7 Å². The van der Waals surface area contributed by atoms with Gasteiger partial charge in [0.05, 0.1) is 35.0 Å². The molecule has 0 bridgehead atoms. The standard InChI is InChI=1S/C40H22N4O3S2/c1-43-31(20-41)34-24-10-4-6-12-26(24)36(45)28(34)16-22-18-30-38(48-22)39-33(47-40(30)14-8-3-9-15-40)19-23(49-39)17-29-35(32(21-42)44-2)25-11-5-7-13-27(25)37(29)46/h4-7,10-13,16-19H,3,8-9,14-15H2/b28-16-,29-17-,34-31+,35-32-. The molecule has 1 aliphatic heterocycles. The van der Waals surface area contributed by atoms with E-state index in [0.29, 0.717) is 44.5 Å². The lowest BCUT2D eigenvalue weighted by Crippen LogP contribution is -2.37. The molecule has 0 unspecified atom stereocenters. The molecule has 232 valence electrons. The second kappa shape index (κ2) is 11.6. The van der Waals surface area contributed by atoms with E-state index in [1.54, 1.807) is 72.0 Å². The Balaban J connectivity index is 1.28. The Hall–Kier alpha value is -6.10. The topological polar surface area (TPSA) is 99.7 Å². The molecule has 0 N–H and O–H groups in total. The Morgan fingerprint density at radius 1 is 0.735 bits per heavy atom. The molecule has 9 heteroatoms. The highest BCUT2D eigenvalue weighted by Crippen LogP contribution is 2.57. The number of hydrogen-bond donors (Lipinski definition) is 0. The number of carbonyl (C=O) groups excluding carboxylic acids is 2. The van der Waals surface area contributed by atoms with Crippen LogP contribution in [0.15, 0.2) is 83.2 Å². The minimum absolute atomic E-state index is 0.119. The first-order chi connectivity index (χ1) is 23.9. The lowest BCUT2D eigenvalue weighted by Gasteiger charge is -2.40. The summed E-state index contributed by atoms with van der Waals surface area (Å²) >= 11 is 3.02. The van der Waals surface area contributed by atoms with Crippen molar-refractivity contribution in [2.24, 2.45) is 0 Å². The van der Waals surface area contributed by atoms with E-state index in [1.165, 1.54) is 11.3 Å². The van der Waals surface area contributed by atoms with Crippen LogP contribution in [0.3, 0.4) is 0 Å². The second-order valence-corrected chi connectivity index (χ2v) is 14.3. The van der Waals surface area contributed by atoms with Gasteiger partial charge in [-0.3, -0.25) is 9.59 Å². The number of nitrogens with zero attached hydrogens (tertiary/aromatic N) is 4. The first-order valence-electron chi connectivity index (χ1n) is 15.6. The maximum atomic E-state index is 13.7. The van der Waals surface area contributed by atoms with Gasteiger partial charge < -0.3 is 4.74 Å². The van der Waals surface area contributed by atoms with Crippen LogP contribution in [0.4, 0.5) is 0 Å². The van der Waals surface area contributed by atoms with Crippen LogP contribution in [-0.2, 0) is 5.60 Å². The number of Topliss-reactive ketones (excluding diaryl/α,β-unsaturated/α-hetero) is 2. The van der Waals surface area contributed by atoms with Crippen LogP contribution in [-0.4, -0.2) is 11.6 Å². The normalized spacial score (nSPS) is 20.3. The highest BCUT2D eigenvalue weighted by Gasteiger charge is 2.44.